The van der Waals surface area contributed by atoms with Crippen LogP contribution in [0.25, 0.3) is 6.08 Å². The van der Waals surface area contributed by atoms with E-state index in [2.05, 4.69) is 82.3 Å². The van der Waals surface area contributed by atoms with Gasteiger partial charge in [0.1, 0.15) is 0 Å². The van der Waals surface area contributed by atoms with Gasteiger partial charge in [0.15, 0.2) is 0 Å². The number of unbranched alkanes of at least 4 members (excludes halogenated alkanes) is 28. The van der Waals surface area contributed by atoms with Crippen molar-refractivity contribution in [1.29, 1.82) is 0 Å². The van der Waals surface area contributed by atoms with E-state index in [9.17, 15) is 0 Å². The van der Waals surface area contributed by atoms with E-state index < -0.39 is 0 Å². The van der Waals surface area contributed by atoms with E-state index >= 15 is 0 Å². The zero-order valence-corrected chi connectivity index (χ0v) is 38.4. The first kappa shape index (κ1) is 50.7. The van der Waals surface area contributed by atoms with Gasteiger partial charge in [-0.2, -0.15) is 0 Å². The Labute approximate surface area is 355 Å². The van der Waals surface area contributed by atoms with Crippen LogP contribution in [0.3, 0.4) is 0 Å². The zero-order chi connectivity index (χ0) is 40.7. The van der Waals surface area contributed by atoms with Crippen LogP contribution in [-0.4, -0.2) is 11.9 Å². The van der Waals surface area contributed by atoms with Crippen LogP contribution in [0.4, 0.5) is 11.4 Å². The van der Waals surface area contributed by atoms with Crippen molar-refractivity contribution < 1.29 is 0 Å². The number of benzene rings is 2. The van der Waals surface area contributed by atoms with Gasteiger partial charge in [0.25, 0.3) is 0 Å². The van der Waals surface area contributed by atoms with Crippen molar-refractivity contribution in [2.75, 3.05) is 0 Å². The Bertz CT molecular complexity index is 1260. The summed E-state index contributed by atoms with van der Waals surface area (Å²) in [5, 5.41) is 0. The number of hydrogen-bond donors (Lipinski definition) is 0. The third-order valence-electron chi connectivity index (χ3n) is 11.8. The van der Waals surface area contributed by atoms with Gasteiger partial charge in [0.05, 0.1) is 17.1 Å². The van der Waals surface area contributed by atoms with E-state index in [1.807, 2.05) is 6.21 Å². The van der Waals surface area contributed by atoms with Crippen LogP contribution in [-0.2, 0) is 12.8 Å². The van der Waals surface area contributed by atoms with Crippen molar-refractivity contribution >= 4 is 29.4 Å². The van der Waals surface area contributed by atoms with Crippen LogP contribution in [0.2, 0.25) is 0 Å². The van der Waals surface area contributed by atoms with E-state index in [1.54, 1.807) is 0 Å². The Balaban J connectivity index is 1.66. The molecule has 0 aliphatic rings. The highest BCUT2D eigenvalue weighted by Crippen LogP contribution is 2.23. The number of aliphatic imine (C=N–C) groups is 2. The topological polar surface area (TPSA) is 24.7 Å². The summed E-state index contributed by atoms with van der Waals surface area (Å²) >= 11 is 0. The molecule has 2 rings (SSSR count). The second-order valence-corrected chi connectivity index (χ2v) is 17.5. The molecule has 0 saturated carbocycles. The normalized spacial score (nSPS) is 12.2. The summed E-state index contributed by atoms with van der Waals surface area (Å²) in [6.07, 6.45) is 54.0. The molecule has 2 heteroatoms. The maximum atomic E-state index is 5.24. The van der Waals surface area contributed by atoms with Crippen LogP contribution in [0.1, 0.15) is 256 Å². The Morgan fingerprint density at radius 2 is 0.877 bits per heavy atom. The molecule has 0 radical (unpaired) electrons. The molecule has 0 fully saturated rings. The SMILES string of the molecule is CCCCCCCCCCCCCCCCCCCCCCCCC=Cc1cccc(N=CC(CCCCC)=Nc2cc(CCCCC)cc(CCCCC)c2)c1. The largest absolute Gasteiger partial charge is 0.255 e. The van der Waals surface area contributed by atoms with Crippen LogP contribution < -0.4 is 0 Å². The fourth-order valence-electron chi connectivity index (χ4n) is 8.07. The summed E-state index contributed by atoms with van der Waals surface area (Å²) in [6.45, 7) is 9.15. The first-order chi connectivity index (χ1) is 28.2. The van der Waals surface area contributed by atoms with Crippen molar-refractivity contribution in [3.05, 3.63) is 65.2 Å². The van der Waals surface area contributed by atoms with Crippen molar-refractivity contribution in [3.8, 4) is 0 Å². The molecule has 0 bridgehead atoms. The molecular formula is C55H92N2. The molecule has 0 amide bonds. The third-order valence-corrected chi connectivity index (χ3v) is 11.8. The molecule has 0 atom stereocenters. The molecule has 57 heavy (non-hydrogen) atoms. The van der Waals surface area contributed by atoms with Gasteiger partial charge in [-0.1, -0.05) is 231 Å². The molecule has 0 saturated heterocycles. The van der Waals surface area contributed by atoms with Gasteiger partial charge < -0.3 is 0 Å². The maximum absolute atomic E-state index is 5.24. The van der Waals surface area contributed by atoms with Crippen molar-refractivity contribution in [3.63, 3.8) is 0 Å². The van der Waals surface area contributed by atoms with Crippen molar-refractivity contribution in [2.24, 2.45) is 9.98 Å². The standard InChI is InChI=1S/C55H92N2/c1-5-9-13-14-15-16-17-18-19-20-21-22-23-24-25-26-27-28-29-30-31-32-33-37-39-50-42-38-44-53(46-50)56-49-54(43-36-12-8-4)57-55-47-51(40-34-10-6-2)45-52(48-55)41-35-11-7-3/h37-39,42,44-49H,5-36,40-41,43H2,1-4H3. The minimum atomic E-state index is 0.974. The first-order valence-corrected chi connectivity index (χ1v) is 25.2. The number of nitrogens with zero attached hydrogens (tertiary/aromatic N) is 2. The predicted molar refractivity (Wildman–Crippen MR) is 260 cm³/mol. The average molecular weight is 781 g/mol. The van der Waals surface area contributed by atoms with Gasteiger partial charge >= 0.3 is 0 Å². The molecule has 0 N–H and O–H groups in total. The Hall–Kier alpha value is -2.48. The molecule has 0 heterocycles. The molecule has 322 valence electrons. The summed E-state index contributed by atoms with van der Waals surface area (Å²) in [6, 6.07) is 15.8. The number of hydrogen-bond acceptors (Lipinski definition) is 2. The lowest BCUT2D eigenvalue weighted by Gasteiger charge is -2.09. The highest BCUT2D eigenvalue weighted by Gasteiger charge is 2.05. The second kappa shape index (κ2) is 37.8. The lowest BCUT2D eigenvalue weighted by atomic mass is 10.00. The number of aryl methyl sites for hydroxylation is 2. The zero-order valence-electron chi connectivity index (χ0n) is 38.4. The highest BCUT2D eigenvalue weighted by atomic mass is 14.8. The van der Waals surface area contributed by atoms with Crippen LogP contribution in [0.15, 0.2) is 58.5 Å². The van der Waals surface area contributed by atoms with E-state index in [-0.39, 0.29) is 0 Å². The second-order valence-electron chi connectivity index (χ2n) is 17.5. The fourth-order valence-corrected chi connectivity index (χ4v) is 8.07. The maximum Gasteiger partial charge on any atom is 0.0639 e. The highest BCUT2D eigenvalue weighted by molar-refractivity contribution is 6.31. The molecule has 0 aliphatic heterocycles. The molecule has 0 spiro atoms. The quantitative estimate of drug-likeness (QED) is 0.0477. The molecule has 2 aromatic carbocycles. The van der Waals surface area contributed by atoms with E-state index in [0.717, 1.165) is 42.8 Å². The predicted octanol–water partition coefficient (Wildman–Crippen LogP) is 19.2. The first-order valence-electron chi connectivity index (χ1n) is 25.2. The smallest absolute Gasteiger partial charge is 0.0639 e. The average Bonchev–Trinajstić information content (AvgIpc) is 3.22. The third kappa shape index (κ3) is 29.4. The van der Waals surface area contributed by atoms with Crippen molar-refractivity contribution in [2.45, 2.75) is 252 Å². The summed E-state index contributed by atoms with van der Waals surface area (Å²) in [5.74, 6) is 0. The molecule has 2 nitrogen and oxygen atoms in total. The van der Waals surface area contributed by atoms with Gasteiger partial charge in [-0.05, 0) is 92.3 Å². The van der Waals surface area contributed by atoms with Crippen LogP contribution >= 0.6 is 0 Å². The fraction of sp³-hybridized carbons (Fsp3) is 0.709. The van der Waals surface area contributed by atoms with Gasteiger partial charge in [-0.15, -0.1) is 0 Å². The summed E-state index contributed by atoms with van der Waals surface area (Å²) < 4.78 is 0. The van der Waals surface area contributed by atoms with Gasteiger partial charge in [-0.25, -0.2) is 0 Å². The minimum absolute atomic E-state index is 0.974. The minimum Gasteiger partial charge on any atom is -0.255 e. The Kier molecular flexibility index (Phi) is 33.6. The van der Waals surface area contributed by atoms with Crippen LogP contribution in [0.5, 0.6) is 0 Å². The van der Waals surface area contributed by atoms with Gasteiger partial charge in [0.2, 0.25) is 0 Å². The van der Waals surface area contributed by atoms with E-state index in [0.29, 0.717) is 0 Å². The summed E-state index contributed by atoms with van der Waals surface area (Å²) in [5.41, 5.74) is 7.35. The molecule has 0 aromatic heterocycles. The van der Waals surface area contributed by atoms with Crippen LogP contribution in [0, 0.1) is 0 Å². The van der Waals surface area contributed by atoms with Crippen molar-refractivity contribution in [1.82, 2.24) is 0 Å². The van der Waals surface area contributed by atoms with Gasteiger partial charge in [-0.3, -0.25) is 9.98 Å². The lowest BCUT2D eigenvalue weighted by Crippen LogP contribution is -2.00. The summed E-state index contributed by atoms with van der Waals surface area (Å²) in [4.78, 5) is 10.2. The lowest BCUT2D eigenvalue weighted by molar-refractivity contribution is 0.519. The number of rotatable bonds is 39. The Morgan fingerprint density at radius 1 is 0.439 bits per heavy atom. The Morgan fingerprint density at radius 3 is 1.37 bits per heavy atom. The monoisotopic (exact) mass is 781 g/mol. The molecular weight excluding hydrogens is 689 g/mol. The van der Waals surface area contributed by atoms with E-state index in [1.165, 1.54) is 216 Å². The van der Waals surface area contributed by atoms with E-state index in [4.69, 9.17) is 9.98 Å². The molecule has 2 aromatic rings. The summed E-state index contributed by atoms with van der Waals surface area (Å²) in [7, 11) is 0. The molecule has 0 unspecified atom stereocenters. The molecule has 0 aliphatic carbocycles. The van der Waals surface area contributed by atoms with Gasteiger partial charge in [0, 0.05) is 6.21 Å². The number of allylic oxidation sites excluding steroid dienone is 1.